The topological polar surface area (TPSA) is 43.4 Å². The molecule has 1 fully saturated rings. The van der Waals surface area contributed by atoms with E-state index in [9.17, 15) is 0 Å². The molecule has 0 amide bonds. The zero-order valence-electron chi connectivity index (χ0n) is 11.9. The SMILES string of the molecule is COCCC1(CNc2nc3ccc(OC)cc3s2)CC1. The molecule has 0 saturated heterocycles. The number of anilines is 1. The van der Waals surface area contributed by atoms with Gasteiger partial charge in [0.2, 0.25) is 0 Å². The van der Waals surface area contributed by atoms with Gasteiger partial charge in [-0.2, -0.15) is 0 Å². The number of thiazole rings is 1. The molecule has 2 aromatic rings. The van der Waals surface area contributed by atoms with E-state index in [2.05, 4.69) is 10.3 Å². The van der Waals surface area contributed by atoms with E-state index in [0.717, 1.165) is 40.7 Å². The van der Waals surface area contributed by atoms with Crippen LogP contribution in [-0.2, 0) is 4.74 Å². The lowest BCUT2D eigenvalue weighted by atomic mass is 10.0. The summed E-state index contributed by atoms with van der Waals surface area (Å²) in [6.45, 7) is 1.84. The quantitative estimate of drug-likeness (QED) is 0.848. The molecule has 1 aliphatic rings. The van der Waals surface area contributed by atoms with E-state index in [1.165, 1.54) is 12.8 Å². The summed E-state index contributed by atoms with van der Waals surface area (Å²) >= 11 is 1.69. The van der Waals surface area contributed by atoms with E-state index < -0.39 is 0 Å². The van der Waals surface area contributed by atoms with Crippen LogP contribution in [0.3, 0.4) is 0 Å². The van der Waals surface area contributed by atoms with Crippen molar-refractivity contribution in [1.29, 1.82) is 0 Å². The molecule has 4 nitrogen and oxygen atoms in total. The molecular weight excluding hydrogens is 272 g/mol. The molecule has 1 heterocycles. The summed E-state index contributed by atoms with van der Waals surface area (Å²) in [7, 11) is 3.46. The van der Waals surface area contributed by atoms with E-state index in [0.29, 0.717) is 5.41 Å². The summed E-state index contributed by atoms with van der Waals surface area (Å²) in [6, 6.07) is 6.00. The lowest BCUT2D eigenvalue weighted by Gasteiger charge is -2.14. The van der Waals surface area contributed by atoms with Gasteiger partial charge in [0.25, 0.3) is 0 Å². The molecule has 0 spiro atoms. The lowest BCUT2D eigenvalue weighted by molar-refractivity contribution is 0.175. The van der Waals surface area contributed by atoms with Gasteiger partial charge in [-0.15, -0.1) is 0 Å². The Balaban J connectivity index is 1.66. The number of fused-ring (bicyclic) bond motifs is 1. The number of hydrogen-bond donors (Lipinski definition) is 1. The van der Waals surface area contributed by atoms with Crippen LogP contribution in [0.15, 0.2) is 18.2 Å². The molecule has 20 heavy (non-hydrogen) atoms. The highest BCUT2D eigenvalue weighted by molar-refractivity contribution is 7.22. The predicted molar refractivity (Wildman–Crippen MR) is 82.8 cm³/mol. The van der Waals surface area contributed by atoms with Crippen molar-refractivity contribution in [2.75, 3.05) is 32.7 Å². The maximum Gasteiger partial charge on any atom is 0.183 e. The molecule has 0 bridgehead atoms. The van der Waals surface area contributed by atoms with E-state index in [4.69, 9.17) is 9.47 Å². The number of aromatic nitrogens is 1. The van der Waals surface area contributed by atoms with E-state index in [1.54, 1.807) is 25.6 Å². The summed E-state index contributed by atoms with van der Waals surface area (Å²) in [5.74, 6) is 0.881. The molecule has 0 aliphatic heterocycles. The monoisotopic (exact) mass is 292 g/mol. The Morgan fingerprint density at radius 2 is 2.20 bits per heavy atom. The van der Waals surface area contributed by atoms with Gasteiger partial charge < -0.3 is 14.8 Å². The largest absolute Gasteiger partial charge is 0.497 e. The summed E-state index contributed by atoms with van der Waals surface area (Å²) in [6.07, 6.45) is 3.72. The van der Waals surface area contributed by atoms with Crippen molar-refractivity contribution in [3.63, 3.8) is 0 Å². The van der Waals surface area contributed by atoms with E-state index >= 15 is 0 Å². The normalized spacial score (nSPS) is 16.3. The molecule has 5 heteroatoms. The summed E-state index contributed by atoms with van der Waals surface area (Å²) in [4.78, 5) is 4.62. The fraction of sp³-hybridized carbons (Fsp3) is 0.533. The highest BCUT2D eigenvalue weighted by atomic mass is 32.1. The van der Waals surface area contributed by atoms with Crippen molar-refractivity contribution in [3.8, 4) is 5.75 Å². The van der Waals surface area contributed by atoms with Crippen LogP contribution in [0.1, 0.15) is 19.3 Å². The van der Waals surface area contributed by atoms with Crippen LogP contribution in [0, 0.1) is 5.41 Å². The molecule has 0 unspecified atom stereocenters. The Hall–Kier alpha value is -1.33. The van der Waals surface area contributed by atoms with E-state index in [1.807, 2.05) is 18.2 Å². The van der Waals surface area contributed by atoms with Crippen LogP contribution >= 0.6 is 11.3 Å². The summed E-state index contributed by atoms with van der Waals surface area (Å²) in [5.41, 5.74) is 1.46. The molecule has 0 radical (unpaired) electrons. The van der Waals surface area contributed by atoms with Crippen molar-refractivity contribution in [1.82, 2.24) is 4.98 Å². The summed E-state index contributed by atoms with van der Waals surface area (Å²) in [5, 5.41) is 4.49. The number of hydrogen-bond acceptors (Lipinski definition) is 5. The van der Waals surface area contributed by atoms with Gasteiger partial charge in [0.1, 0.15) is 5.75 Å². The maximum absolute atomic E-state index is 5.24. The number of ether oxygens (including phenoxy) is 2. The highest BCUT2D eigenvalue weighted by Gasteiger charge is 2.41. The lowest BCUT2D eigenvalue weighted by Crippen LogP contribution is -2.17. The molecule has 108 valence electrons. The van der Waals surface area contributed by atoms with Gasteiger partial charge in [-0.05, 0) is 42.9 Å². The Morgan fingerprint density at radius 1 is 1.35 bits per heavy atom. The smallest absolute Gasteiger partial charge is 0.183 e. The number of methoxy groups -OCH3 is 2. The van der Waals surface area contributed by atoms with Gasteiger partial charge >= 0.3 is 0 Å². The summed E-state index contributed by atoms with van der Waals surface area (Å²) < 4.78 is 11.6. The number of benzene rings is 1. The Labute approximate surface area is 123 Å². The zero-order chi connectivity index (χ0) is 14.0. The fourth-order valence-corrected chi connectivity index (χ4v) is 3.27. The van der Waals surface area contributed by atoms with Crippen LogP contribution in [-0.4, -0.2) is 32.4 Å². The van der Waals surface area contributed by atoms with Gasteiger partial charge in [-0.3, -0.25) is 0 Å². The van der Waals surface area contributed by atoms with Gasteiger partial charge in [0.15, 0.2) is 5.13 Å². The first-order valence-electron chi connectivity index (χ1n) is 6.92. The third-order valence-electron chi connectivity index (χ3n) is 4.00. The Kier molecular flexibility index (Phi) is 3.81. The van der Waals surface area contributed by atoms with Crippen molar-refractivity contribution >= 4 is 26.7 Å². The molecule has 1 aromatic heterocycles. The third-order valence-corrected chi connectivity index (χ3v) is 4.98. The molecule has 1 aromatic carbocycles. The van der Waals surface area contributed by atoms with Gasteiger partial charge in [0, 0.05) is 20.3 Å². The molecule has 1 saturated carbocycles. The van der Waals surface area contributed by atoms with Crippen LogP contribution < -0.4 is 10.1 Å². The minimum absolute atomic E-state index is 0.436. The van der Waals surface area contributed by atoms with Crippen LogP contribution in [0.5, 0.6) is 5.75 Å². The van der Waals surface area contributed by atoms with Crippen molar-refractivity contribution in [2.24, 2.45) is 5.41 Å². The molecule has 1 aliphatic carbocycles. The average molecular weight is 292 g/mol. The molecular formula is C15H20N2O2S. The maximum atomic E-state index is 5.24. The third kappa shape index (κ3) is 2.88. The second-order valence-corrected chi connectivity index (χ2v) is 6.48. The van der Waals surface area contributed by atoms with Crippen molar-refractivity contribution in [3.05, 3.63) is 18.2 Å². The number of nitrogens with zero attached hydrogens (tertiary/aromatic N) is 1. The highest BCUT2D eigenvalue weighted by Crippen LogP contribution is 2.48. The number of nitrogens with one attached hydrogen (secondary N) is 1. The minimum atomic E-state index is 0.436. The average Bonchev–Trinajstić information content (AvgIpc) is 3.13. The van der Waals surface area contributed by atoms with Crippen molar-refractivity contribution < 1.29 is 9.47 Å². The van der Waals surface area contributed by atoms with Gasteiger partial charge in [-0.25, -0.2) is 4.98 Å². The van der Waals surface area contributed by atoms with E-state index in [-0.39, 0.29) is 0 Å². The van der Waals surface area contributed by atoms with Gasteiger partial charge in [-0.1, -0.05) is 11.3 Å². The fourth-order valence-electron chi connectivity index (χ4n) is 2.38. The van der Waals surface area contributed by atoms with Crippen LogP contribution in [0.4, 0.5) is 5.13 Å². The second-order valence-electron chi connectivity index (χ2n) is 5.45. The van der Waals surface area contributed by atoms with Gasteiger partial charge in [0.05, 0.1) is 17.3 Å². The standard InChI is InChI=1S/C15H20N2O2S/c1-18-8-7-15(5-6-15)10-16-14-17-12-4-3-11(19-2)9-13(12)20-14/h3-4,9H,5-8,10H2,1-2H3,(H,16,17). The first-order chi connectivity index (χ1) is 9.74. The zero-order valence-corrected chi connectivity index (χ0v) is 12.8. The van der Waals surface area contributed by atoms with Crippen LogP contribution in [0.2, 0.25) is 0 Å². The van der Waals surface area contributed by atoms with Crippen LogP contribution in [0.25, 0.3) is 10.2 Å². The predicted octanol–water partition coefficient (Wildman–Crippen LogP) is 3.53. The van der Waals surface area contributed by atoms with Crippen molar-refractivity contribution in [2.45, 2.75) is 19.3 Å². The first kappa shape index (κ1) is 13.6. The molecule has 1 N–H and O–H groups in total. The number of rotatable bonds is 7. The Morgan fingerprint density at radius 3 is 2.90 bits per heavy atom. The second kappa shape index (κ2) is 5.58. The molecule has 3 rings (SSSR count). The molecule has 0 atom stereocenters. The first-order valence-corrected chi connectivity index (χ1v) is 7.74. The Bertz CT molecular complexity index is 593. The minimum Gasteiger partial charge on any atom is -0.497 e.